The summed E-state index contributed by atoms with van der Waals surface area (Å²) in [6.45, 7) is 2.19. The second-order valence-electron chi connectivity index (χ2n) is 7.12. The van der Waals surface area contributed by atoms with Gasteiger partial charge in [0, 0.05) is 16.3 Å². The molecule has 28 heavy (non-hydrogen) atoms. The molecule has 0 radical (unpaired) electrons. The fraction of sp³-hybridized carbons (Fsp3) is 0.0741. The first-order chi connectivity index (χ1) is 13.8. The quantitative estimate of drug-likeness (QED) is 0.308. The van der Waals surface area contributed by atoms with Crippen LogP contribution in [0.1, 0.15) is 12.5 Å². The lowest BCUT2D eigenvalue weighted by Crippen LogP contribution is -1.91. The second-order valence-corrected chi connectivity index (χ2v) is 7.12. The Hall–Kier alpha value is -3.45. The van der Waals surface area contributed by atoms with Crippen LogP contribution in [0.3, 0.4) is 0 Å². The van der Waals surface area contributed by atoms with Crippen molar-refractivity contribution in [3.8, 4) is 22.3 Å². The van der Waals surface area contributed by atoms with Gasteiger partial charge in [0.15, 0.2) is 0 Å². The number of benzene rings is 4. The first-order valence-corrected chi connectivity index (χ1v) is 9.81. The molecule has 4 aromatic carbocycles. The van der Waals surface area contributed by atoms with Crippen molar-refractivity contribution in [1.29, 1.82) is 0 Å². The molecule has 0 bridgehead atoms. The number of hydrogen-bond acceptors (Lipinski definition) is 1. The zero-order valence-corrected chi connectivity index (χ0v) is 15.9. The minimum atomic E-state index is 1.03. The third-order valence-corrected chi connectivity index (χ3v) is 5.46. The van der Waals surface area contributed by atoms with Crippen molar-refractivity contribution in [3.63, 3.8) is 0 Å². The molecule has 1 heterocycles. The van der Waals surface area contributed by atoms with Gasteiger partial charge in [0.2, 0.25) is 0 Å². The van der Waals surface area contributed by atoms with E-state index in [4.69, 9.17) is 4.98 Å². The van der Waals surface area contributed by atoms with Crippen LogP contribution in [0.2, 0.25) is 0 Å². The van der Waals surface area contributed by atoms with Gasteiger partial charge in [-0.15, -0.1) is 0 Å². The van der Waals surface area contributed by atoms with Gasteiger partial charge in [-0.05, 0) is 40.8 Å². The second kappa shape index (κ2) is 6.94. The molecular weight excluding hydrogens is 338 g/mol. The maximum Gasteiger partial charge on any atom is 0.0715 e. The summed E-state index contributed by atoms with van der Waals surface area (Å²) in [7, 11) is 0. The highest BCUT2D eigenvalue weighted by molar-refractivity contribution is 6.11. The van der Waals surface area contributed by atoms with Gasteiger partial charge in [0.25, 0.3) is 0 Å². The summed E-state index contributed by atoms with van der Waals surface area (Å²) >= 11 is 0. The Balaban J connectivity index is 1.85. The Kier molecular flexibility index (Phi) is 4.14. The van der Waals surface area contributed by atoms with E-state index in [9.17, 15) is 0 Å². The first kappa shape index (κ1) is 16.7. The molecule has 0 saturated carbocycles. The van der Waals surface area contributed by atoms with E-state index >= 15 is 0 Å². The maximum atomic E-state index is 4.89. The summed E-state index contributed by atoms with van der Waals surface area (Å²) in [6, 6.07) is 34.5. The smallest absolute Gasteiger partial charge is 0.0715 e. The normalized spacial score (nSPS) is 11.2. The molecule has 1 heteroatoms. The van der Waals surface area contributed by atoms with Gasteiger partial charge in [-0.3, -0.25) is 0 Å². The average molecular weight is 359 g/mol. The SMILES string of the molecule is CCc1ccc(-c2ccccc2-c2c3ccccc3nc3ccccc23)cc1. The van der Waals surface area contributed by atoms with E-state index in [1.807, 2.05) is 0 Å². The lowest BCUT2D eigenvalue weighted by Gasteiger charge is -2.15. The zero-order chi connectivity index (χ0) is 18.9. The van der Waals surface area contributed by atoms with Crippen LogP contribution in [0.5, 0.6) is 0 Å². The summed E-state index contributed by atoms with van der Waals surface area (Å²) in [5.41, 5.74) is 8.45. The summed E-state index contributed by atoms with van der Waals surface area (Å²) in [5.74, 6) is 0. The van der Waals surface area contributed by atoms with Crippen LogP contribution in [-0.2, 0) is 6.42 Å². The molecule has 1 nitrogen and oxygen atoms in total. The Morgan fingerprint density at radius 1 is 0.571 bits per heavy atom. The molecule has 5 rings (SSSR count). The monoisotopic (exact) mass is 359 g/mol. The van der Waals surface area contributed by atoms with E-state index in [1.54, 1.807) is 0 Å². The third-order valence-electron chi connectivity index (χ3n) is 5.46. The Morgan fingerprint density at radius 2 is 1.11 bits per heavy atom. The van der Waals surface area contributed by atoms with Gasteiger partial charge in [0.1, 0.15) is 0 Å². The molecule has 0 aliphatic carbocycles. The maximum absolute atomic E-state index is 4.89. The largest absolute Gasteiger partial charge is 0.248 e. The van der Waals surface area contributed by atoms with Gasteiger partial charge >= 0.3 is 0 Å². The first-order valence-electron chi connectivity index (χ1n) is 9.81. The standard InChI is InChI=1S/C27H21N/c1-2-19-15-17-20(18-16-19)21-9-3-4-10-22(21)27-23-11-5-7-13-25(23)28-26-14-8-6-12-24(26)27/h3-18H,2H2,1H3. The minimum Gasteiger partial charge on any atom is -0.248 e. The molecule has 1 aromatic heterocycles. The fourth-order valence-electron chi connectivity index (χ4n) is 4.00. The number of para-hydroxylation sites is 2. The predicted molar refractivity (Wildman–Crippen MR) is 119 cm³/mol. The third kappa shape index (κ3) is 2.76. The average Bonchev–Trinajstić information content (AvgIpc) is 2.77. The van der Waals surface area contributed by atoms with Crippen molar-refractivity contribution in [1.82, 2.24) is 4.98 Å². The number of fused-ring (bicyclic) bond motifs is 2. The molecule has 134 valence electrons. The molecule has 0 aliphatic rings. The molecule has 5 aromatic rings. The van der Waals surface area contributed by atoms with Crippen molar-refractivity contribution in [2.24, 2.45) is 0 Å². The van der Waals surface area contributed by atoms with Gasteiger partial charge in [-0.2, -0.15) is 0 Å². The van der Waals surface area contributed by atoms with E-state index in [1.165, 1.54) is 38.6 Å². The zero-order valence-electron chi connectivity index (χ0n) is 15.9. The van der Waals surface area contributed by atoms with Crippen molar-refractivity contribution >= 4 is 21.8 Å². The van der Waals surface area contributed by atoms with Crippen molar-refractivity contribution in [2.45, 2.75) is 13.3 Å². The Bertz CT molecular complexity index is 1230. The number of rotatable bonds is 3. The summed E-state index contributed by atoms with van der Waals surface area (Å²) in [4.78, 5) is 4.89. The van der Waals surface area contributed by atoms with Crippen LogP contribution >= 0.6 is 0 Å². The number of aromatic nitrogens is 1. The molecular formula is C27H21N. The number of pyridine rings is 1. The minimum absolute atomic E-state index is 1.03. The number of nitrogens with zero attached hydrogens (tertiary/aromatic N) is 1. The predicted octanol–water partition coefficient (Wildman–Crippen LogP) is 7.28. The van der Waals surface area contributed by atoms with Crippen LogP contribution in [0.25, 0.3) is 44.1 Å². The Labute approximate surface area is 165 Å². The van der Waals surface area contributed by atoms with Crippen LogP contribution in [0.4, 0.5) is 0 Å². The van der Waals surface area contributed by atoms with Crippen LogP contribution in [-0.4, -0.2) is 4.98 Å². The molecule has 0 amide bonds. The van der Waals surface area contributed by atoms with Gasteiger partial charge in [-0.1, -0.05) is 91.9 Å². The highest BCUT2D eigenvalue weighted by Gasteiger charge is 2.14. The van der Waals surface area contributed by atoms with Crippen molar-refractivity contribution in [2.75, 3.05) is 0 Å². The van der Waals surface area contributed by atoms with Crippen molar-refractivity contribution < 1.29 is 0 Å². The van der Waals surface area contributed by atoms with Crippen LogP contribution in [0.15, 0.2) is 97.1 Å². The number of aryl methyl sites for hydroxylation is 1. The molecule has 0 saturated heterocycles. The molecule has 0 atom stereocenters. The summed E-state index contributed by atoms with van der Waals surface area (Å²) < 4.78 is 0. The summed E-state index contributed by atoms with van der Waals surface area (Å²) in [6.07, 6.45) is 1.06. The van der Waals surface area contributed by atoms with Crippen LogP contribution < -0.4 is 0 Å². The molecule has 0 spiro atoms. The summed E-state index contributed by atoms with van der Waals surface area (Å²) in [5, 5.41) is 2.39. The van der Waals surface area contributed by atoms with E-state index in [-0.39, 0.29) is 0 Å². The van der Waals surface area contributed by atoms with E-state index in [2.05, 4.69) is 104 Å². The lowest BCUT2D eigenvalue weighted by atomic mass is 9.90. The van der Waals surface area contributed by atoms with Gasteiger partial charge < -0.3 is 0 Å². The molecule has 0 fully saturated rings. The van der Waals surface area contributed by atoms with E-state index in [0.29, 0.717) is 0 Å². The highest BCUT2D eigenvalue weighted by Crippen LogP contribution is 2.39. The molecule has 0 aliphatic heterocycles. The number of hydrogen-bond donors (Lipinski definition) is 0. The van der Waals surface area contributed by atoms with E-state index < -0.39 is 0 Å². The van der Waals surface area contributed by atoms with Gasteiger partial charge in [-0.25, -0.2) is 4.98 Å². The molecule has 0 N–H and O–H groups in total. The topological polar surface area (TPSA) is 12.9 Å². The molecule has 0 unspecified atom stereocenters. The van der Waals surface area contributed by atoms with Gasteiger partial charge in [0.05, 0.1) is 11.0 Å². The fourth-order valence-corrected chi connectivity index (χ4v) is 4.00. The van der Waals surface area contributed by atoms with E-state index in [0.717, 1.165) is 17.5 Å². The van der Waals surface area contributed by atoms with Crippen LogP contribution in [0, 0.1) is 0 Å². The van der Waals surface area contributed by atoms with Crippen molar-refractivity contribution in [3.05, 3.63) is 103 Å². The highest BCUT2D eigenvalue weighted by atomic mass is 14.7. The lowest BCUT2D eigenvalue weighted by molar-refractivity contribution is 1.14. The Morgan fingerprint density at radius 3 is 1.71 bits per heavy atom.